The first-order valence-corrected chi connectivity index (χ1v) is 7.15. The molecule has 1 aliphatic carbocycles. The van der Waals surface area contributed by atoms with Gasteiger partial charge in [-0.3, -0.25) is 4.79 Å². The van der Waals surface area contributed by atoms with Crippen molar-refractivity contribution in [2.24, 2.45) is 5.92 Å². The molecule has 0 aromatic heterocycles. The van der Waals surface area contributed by atoms with E-state index in [9.17, 15) is 9.90 Å². The zero-order valence-corrected chi connectivity index (χ0v) is 12.7. The van der Waals surface area contributed by atoms with E-state index in [1.807, 2.05) is 12.1 Å². The molecule has 21 heavy (non-hydrogen) atoms. The molecule has 0 saturated heterocycles. The Morgan fingerprint density at radius 1 is 1.05 bits per heavy atom. The lowest BCUT2D eigenvalue weighted by Crippen LogP contribution is -2.25. The molecule has 0 unspecified atom stereocenters. The third kappa shape index (κ3) is 2.91. The minimum atomic E-state index is -0.739. The van der Waals surface area contributed by atoms with E-state index in [2.05, 4.69) is 0 Å². The predicted octanol–water partition coefficient (Wildman–Crippen LogP) is 3.07. The van der Waals surface area contributed by atoms with Gasteiger partial charge in [-0.05, 0) is 18.9 Å². The molecular weight excluding hydrogens is 272 g/mol. The van der Waals surface area contributed by atoms with Gasteiger partial charge in [0.1, 0.15) is 0 Å². The molecule has 1 aromatic rings. The van der Waals surface area contributed by atoms with Gasteiger partial charge in [0.25, 0.3) is 0 Å². The van der Waals surface area contributed by atoms with Gasteiger partial charge in [-0.1, -0.05) is 18.9 Å². The van der Waals surface area contributed by atoms with E-state index in [1.165, 1.54) is 0 Å². The van der Waals surface area contributed by atoms with Crippen molar-refractivity contribution in [3.8, 4) is 17.2 Å². The van der Waals surface area contributed by atoms with Crippen molar-refractivity contribution in [2.45, 2.75) is 31.6 Å². The van der Waals surface area contributed by atoms with E-state index in [0.717, 1.165) is 24.8 Å². The number of hydrogen-bond acceptors (Lipinski definition) is 4. The lowest BCUT2D eigenvalue weighted by Gasteiger charge is -2.30. The van der Waals surface area contributed by atoms with Gasteiger partial charge in [0.05, 0.1) is 27.2 Å². The normalized spacial score (nSPS) is 21.7. The fourth-order valence-corrected chi connectivity index (χ4v) is 3.22. The van der Waals surface area contributed by atoms with E-state index < -0.39 is 5.97 Å². The number of carboxylic acids is 1. The van der Waals surface area contributed by atoms with Gasteiger partial charge >= 0.3 is 5.97 Å². The van der Waals surface area contributed by atoms with Crippen LogP contribution in [-0.2, 0) is 4.79 Å². The molecule has 116 valence electrons. The maximum atomic E-state index is 11.5. The minimum absolute atomic E-state index is 0.0500. The van der Waals surface area contributed by atoms with E-state index in [1.54, 1.807) is 21.3 Å². The number of aliphatic carboxylic acids is 1. The molecule has 5 nitrogen and oxygen atoms in total. The summed E-state index contributed by atoms with van der Waals surface area (Å²) >= 11 is 0. The molecule has 0 spiro atoms. The van der Waals surface area contributed by atoms with Crippen molar-refractivity contribution in [1.29, 1.82) is 0 Å². The van der Waals surface area contributed by atoms with Crippen LogP contribution in [0, 0.1) is 5.92 Å². The van der Waals surface area contributed by atoms with E-state index in [0.29, 0.717) is 23.7 Å². The molecule has 0 heterocycles. The monoisotopic (exact) mass is 294 g/mol. The summed E-state index contributed by atoms with van der Waals surface area (Å²) in [6.07, 6.45) is 3.55. The topological polar surface area (TPSA) is 65.0 Å². The molecule has 0 amide bonds. The van der Waals surface area contributed by atoms with E-state index in [4.69, 9.17) is 14.2 Å². The molecule has 0 aliphatic heterocycles. The number of carboxylic acid groups (broad SMARTS) is 1. The molecule has 1 aliphatic rings. The number of ether oxygens (including phenoxy) is 3. The number of carbonyl (C=O) groups is 1. The summed E-state index contributed by atoms with van der Waals surface area (Å²) in [5.41, 5.74) is 0.891. The second kappa shape index (κ2) is 6.70. The number of methoxy groups -OCH3 is 3. The molecule has 1 saturated carbocycles. The Labute approximate surface area is 124 Å². The summed E-state index contributed by atoms with van der Waals surface area (Å²) in [6.45, 7) is 0. The Kier molecular flexibility index (Phi) is 4.94. The Balaban J connectivity index is 2.49. The van der Waals surface area contributed by atoms with Gasteiger partial charge in [0, 0.05) is 11.5 Å². The SMILES string of the molecule is COc1ccc([C@H]2CCCC[C@@H]2C(=O)O)c(OC)c1OC. The molecule has 1 N–H and O–H groups in total. The van der Waals surface area contributed by atoms with E-state index >= 15 is 0 Å². The van der Waals surface area contributed by atoms with Crippen LogP contribution in [-0.4, -0.2) is 32.4 Å². The zero-order valence-electron chi connectivity index (χ0n) is 12.7. The molecule has 1 aromatic carbocycles. The fraction of sp³-hybridized carbons (Fsp3) is 0.562. The highest BCUT2D eigenvalue weighted by molar-refractivity contribution is 5.72. The average molecular weight is 294 g/mol. The Hall–Kier alpha value is -1.91. The van der Waals surface area contributed by atoms with Crippen LogP contribution in [0.25, 0.3) is 0 Å². The third-order valence-corrected chi connectivity index (χ3v) is 4.22. The summed E-state index contributed by atoms with van der Waals surface area (Å²) in [5, 5.41) is 9.46. The van der Waals surface area contributed by atoms with Crippen molar-refractivity contribution < 1.29 is 24.1 Å². The molecular formula is C16H22O5. The van der Waals surface area contributed by atoms with E-state index in [-0.39, 0.29) is 11.8 Å². The second-order valence-electron chi connectivity index (χ2n) is 5.26. The van der Waals surface area contributed by atoms with Gasteiger partial charge < -0.3 is 19.3 Å². The van der Waals surface area contributed by atoms with Gasteiger partial charge in [-0.15, -0.1) is 0 Å². The maximum absolute atomic E-state index is 11.5. The van der Waals surface area contributed by atoms with Crippen LogP contribution in [0.2, 0.25) is 0 Å². The van der Waals surface area contributed by atoms with Crippen LogP contribution < -0.4 is 14.2 Å². The first kappa shape index (κ1) is 15.5. The van der Waals surface area contributed by atoms with Crippen LogP contribution in [0.1, 0.15) is 37.2 Å². The first-order chi connectivity index (χ1) is 10.1. The largest absolute Gasteiger partial charge is 0.493 e. The van der Waals surface area contributed by atoms with Gasteiger partial charge in [0.15, 0.2) is 11.5 Å². The number of benzene rings is 1. The van der Waals surface area contributed by atoms with Crippen molar-refractivity contribution in [3.05, 3.63) is 17.7 Å². The average Bonchev–Trinajstić information content (AvgIpc) is 2.53. The number of hydrogen-bond donors (Lipinski definition) is 1. The van der Waals surface area contributed by atoms with Crippen molar-refractivity contribution in [2.75, 3.05) is 21.3 Å². The van der Waals surface area contributed by atoms with Crippen LogP contribution in [0.5, 0.6) is 17.2 Å². The Morgan fingerprint density at radius 2 is 1.71 bits per heavy atom. The zero-order chi connectivity index (χ0) is 15.4. The molecule has 1 fully saturated rings. The summed E-state index contributed by atoms with van der Waals surface area (Å²) in [4.78, 5) is 11.5. The highest BCUT2D eigenvalue weighted by Crippen LogP contribution is 2.47. The van der Waals surface area contributed by atoms with Crippen LogP contribution in [0.15, 0.2) is 12.1 Å². The smallest absolute Gasteiger partial charge is 0.307 e. The molecule has 0 bridgehead atoms. The van der Waals surface area contributed by atoms with Crippen molar-refractivity contribution in [3.63, 3.8) is 0 Å². The minimum Gasteiger partial charge on any atom is -0.493 e. The van der Waals surface area contributed by atoms with Crippen LogP contribution in [0.4, 0.5) is 0 Å². The van der Waals surface area contributed by atoms with Gasteiger partial charge in [-0.2, -0.15) is 0 Å². The van der Waals surface area contributed by atoms with Crippen LogP contribution >= 0.6 is 0 Å². The van der Waals surface area contributed by atoms with Gasteiger partial charge in [0.2, 0.25) is 5.75 Å². The lowest BCUT2D eigenvalue weighted by atomic mass is 9.75. The standard InChI is InChI=1S/C16H22O5/c1-19-13-9-8-11(14(20-2)15(13)21-3)10-6-4-5-7-12(10)16(17)18/h8-10,12H,4-7H2,1-3H3,(H,17,18)/t10-,12+/m1/s1. The third-order valence-electron chi connectivity index (χ3n) is 4.22. The molecule has 2 rings (SSSR count). The van der Waals surface area contributed by atoms with Crippen molar-refractivity contribution >= 4 is 5.97 Å². The maximum Gasteiger partial charge on any atom is 0.307 e. The molecule has 5 heteroatoms. The van der Waals surface area contributed by atoms with Gasteiger partial charge in [-0.25, -0.2) is 0 Å². The fourth-order valence-electron chi connectivity index (χ4n) is 3.22. The second-order valence-corrected chi connectivity index (χ2v) is 5.26. The predicted molar refractivity (Wildman–Crippen MR) is 78.4 cm³/mol. The summed E-state index contributed by atoms with van der Waals surface area (Å²) in [5.74, 6) is 0.524. The highest BCUT2D eigenvalue weighted by atomic mass is 16.5. The summed E-state index contributed by atoms with van der Waals surface area (Å²) in [6, 6.07) is 3.70. The first-order valence-electron chi connectivity index (χ1n) is 7.15. The Bertz CT molecular complexity index is 512. The van der Waals surface area contributed by atoms with Crippen LogP contribution in [0.3, 0.4) is 0 Å². The van der Waals surface area contributed by atoms with Crippen molar-refractivity contribution in [1.82, 2.24) is 0 Å². The summed E-state index contributed by atoms with van der Waals surface area (Å²) < 4.78 is 16.2. The highest BCUT2D eigenvalue weighted by Gasteiger charge is 2.34. The molecule has 2 atom stereocenters. The molecule has 0 radical (unpaired) electrons. The summed E-state index contributed by atoms with van der Waals surface area (Å²) in [7, 11) is 4.69. The number of rotatable bonds is 5. The quantitative estimate of drug-likeness (QED) is 0.904. The lowest BCUT2D eigenvalue weighted by molar-refractivity contribution is -0.143. The Morgan fingerprint density at radius 3 is 2.29 bits per heavy atom.